The van der Waals surface area contributed by atoms with Gasteiger partial charge in [0.2, 0.25) is 15.2 Å². The predicted molar refractivity (Wildman–Crippen MR) is 142 cm³/mol. The molecule has 2 aliphatic rings. The zero-order valence-corrected chi connectivity index (χ0v) is 22.5. The second-order valence-corrected chi connectivity index (χ2v) is 12.7. The Morgan fingerprint density at radius 3 is 2.29 bits per heavy atom. The number of nitrogens with zero attached hydrogens (tertiary/aromatic N) is 4. The number of carbonyl (C=O) groups is 1. The largest absolute Gasteiger partial charge is 0.344 e. The lowest BCUT2D eigenvalue weighted by atomic mass is 9.68. The molecule has 0 atom stereocenters. The smallest absolute Gasteiger partial charge is 0.214 e. The van der Waals surface area contributed by atoms with Crippen LogP contribution < -0.4 is 4.90 Å². The monoisotopic (exact) mass is 518 g/mol. The summed E-state index contributed by atoms with van der Waals surface area (Å²) in [6.07, 6.45) is 9.05. The van der Waals surface area contributed by atoms with E-state index in [0.29, 0.717) is 44.8 Å². The molecule has 2 fully saturated rings. The van der Waals surface area contributed by atoms with Crippen molar-refractivity contribution in [2.24, 2.45) is 0 Å². The van der Waals surface area contributed by atoms with Crippen LogP contribution in [0.2, 0.25) is 0 Å². The molecule has 35 heavy (non-hydrogen) atoms. The molecule has 7 nitrogen and oxygen atoms in total. The van der Waals surface area contributed by atoms with E-state index >= 15 is 0 Å². The zero-order chi connectivity index (χ0) is 24.7. The lowest BCUT2D eigenvalue weighted by molar-refractivity contribution is -0.121. The Bertz CT molecular complexity index is 1050. The summed E-state index contributed by atoms with van der Waals surface area (Å²) in [5.74, 6) is 1.36. The van der Waals surface area contributed by atoms with Gasteiger partial charge in [-0.2, -0.15) is 8.68 Å². The van der Waals surface area contributed by atoms with Crippen LogP contribution >= 0.6 is 11.5 Å². The summed E-state index contributed by atoms with van der Waals surface area (Å²) in [4.78, 5) is 19.1. The molecule has 2 heterocycles. The minimum absolute atomic E-state index is 0.250. The number of Topliss-reactive ketones (excluding diaryl/α,β-unsaturated/α-hetero) is 1. The van der Waals surface area contributed by atoms with Crippen LogP contribution in [-0.2, 0) is 20.2 Å². The van der Waals surface area contributed by atoms with E-state index < -0.39 is 10.0 Å². The van der Waals surface area contributed by atoms with Crippen molar-refractivity contribution in [1.82, 2.24) is 13.7 Å². The SMILES string of the molecule is CCCCCCCCS(=O)(=O)N1CCN(c2nc(C3(c4ccccc4)CCC(=O)CC3)ns2)CC1. The van der Waals surface area contributed by atoms with E-state index in [9.17, 15) is 13.2 Å². The Morgan fingerprint density at radius 1 is 0.943 bits per heavy atom. The number of benzene rings is 1. The highest BCUT2D eigenvalue weighted by molar-refractivity contribution is 7.89. The first kappa shape index (κ1) is 26.2. The number of unbranched alkanes of at least 4 members (excludes halogenated alkanes) is 5. The normalized spacial score (nSPS) is 19.2. The van der Waals surface area contributed by atoms with Crippen LogP contribution in [-0.4, -0.2) is 59.8 Å². The maximum Gasteiger partial charge on any atom is 0.214 e. The second kappa shape index (κ2) is 11.9. The summed E-state index contributed by atoms with van der Waals surface area (Å²) in [7, 11) is -3.20. The molecule has 1 saturated carbocycles. The Morgan fingerprint density at radius 2 is 1.60 bits per heavy atom. The van der Waals surface area contributed by atoms with Gasteiger partial charge in [-0.05, 0) is 24.8 Å². The topological polar surface area (TPSA) is 83.5 Å². The summed E-state index contributed by atoms with van der Waals surface area (Å²) in [6, 6.07) is 10.3. The van der Waals surface area contributed by atoms with E-state index in [2.05, 4.69) is 24.0 Å². The summed E-state index contributed by atoms with van der Waals surface area (Å²) in [6.45, 7) is 4.42. The third-order valence-electron chi connectivity index (χ3n) is 7.49. The predicted octanol–water partition coefficient (Wildman–Crippen LogP) is 4.78. The highest BCUT2D eigenvalue weighted by Crippen LogP contribution is 2.43. The third-order valence-corrected chi connectivity index (χ3v) is 10.2. The number of piperazine rings is 1. The van der Waals surface area contributed by atoms with Gasteiger partial charge in [-0.1, -0.05) is 69.4 Å². The molecule has 0 bridgehead atoms. The first-order chi connectivity index (χ1) is 16.9. The van der Waals surface area contributed by atoms with Crippen molar-refractivity contribution in [3.05, 3.63) is 41.7 Å². The van der Waals surface area contributed by atoms with Crippen molar-refractivity contribution in [2.75, 3.05) is 36.8 Å². The fraction of sp³-hybridized carbons (Fsp3) is 0.654. The number of hydrogen-bond donors (Lipinski definition) is 0. The van der Waals surface area contributed by atoms with Crippen LogP contribution in [0.5, 0.6) is 0 Å². The van der Waals surface area contributed by atoms with Crippen molar-refractivity contribution in [2.45, 2.75) is 76.5 Å². The molecule has 1 aliphatic heterocycles. The minimum Gasteiger partial charge on any atom is -0.344 e. The van der Waals surface area contributed by atoms with Crippen LogP contribution in [0.4, 0.5) is 5.13 Å². The summed E-state index contributed by atoms with van der Waals surface area (Å²) < 4.78 is 32.0. The molecule has 0 amide bonds. The van der Waals surface area contributed by atoms with E-state index in [4.69, 9.17) is 9.36 Å². The number of hydrogen-bond acceptors (Lipinski definition) is 7. The number of carbonyl (C=O) groups excluding carboxylic acids is 1. The van der Waals surface area contributed by atoms with E-state index in [1.807, 2.05) is 18.2 Å². The van der Waals surface area contributed by atoms with E-state index in [-0.39, 0.29) is 11.2 Å². The van der Waals surface area contributed by atoms with E-state index in [0.717, 1.165) is 43.1 Å². The minimum atomic E-state index is -3.20. The molecule has 1 saturated heterocycles. The van der Waals surface area contributed by atoms with Gasteiger partial charge < -0.3 is 4.90 Å². The van der Waals surface area contributed by atoms with Crippen molar-refractivity contribution >= 4 is 32.5 Å². The van der Waals surface area contributed by atoms with Crippen LogP contribution in [0.25, 0.3) is 0 Å². The van der Waals surface area contributed by atoms with Gasteiger partial charge in [-0.3, -0.25) is 4.79 Å². The Kier molecular flexibility index (Phi) is 8.94. The zero-order valence-electron chi connectivity index (χ0n) is 20.8. The quantitative estimate of drug-likeness (QED) is 0.398. The average Bonchev–Trinajstić information content (AvgIpc) is 3.38. The molecule has 4 rings (SSSR count). The van der Waals surface area contributed by atoms with Crippen molar-refractivity contribution in [3.8, 4) is 0 Å². The summed E-state index contributed by atoms with van der Waals surface area (Å²) in [5, 5.41) is 0.847. The molecule has 1 aliphatic carbocycles. The number of aromatic nitrogens is 2. The van der Waals surface area contributed by atoms with Gasteiger partial charge in [-0.15, -0.1) is 0 Å². The maximum atomic E-state index is 12.8. The Balaban J connectivity index is 1.37. The average molecular weight is 519 g/mol. The molecule has 0 spiro atoms. The van der Waals surface area contributed by atoms with Gasteiger partial charge in [0.25, 0.3) is 0 Å². The van der Waals surface area contributed by atoms with Crippen LogP contribution in [0.15, 0.2) is 30.3 Å². The van der Waals surface area contributed by atoms with Crippen molar-refractivity contribution in [3.63, 3.8) is 0 Å². The van der Waals surface area contributed by atoms with Crippen LogP contribution in [0.3, 0.4) is 0 Å². The molecule has 9 heteroatoms. The van der Waals surface area contributed by atoms with Gasteiger partial charge in [0.1, 0.15) is 5.78 Å². The first-order valence-electron chi connectivity index (χ1n) is 13.1. The molecule has 0 N–H and O–H groups in total. The highest BCUT2D eigenvalue weighted by atomic mass is 32.2. The Labute approximate surface area is 214 Å². The van der Waals surface area contributed by atoms with E-state index in [1.54, 1.807) is 4.31 Å². The highest BCUT2D eigenvalue weighted by Gasteiger charge is 2.41. The molecule has 0 unspecified atom stereocenters. The summed E-state index contributed by atoms with van der Waals surface area (Å²) >= 11 is 1.39. The molecule has 1 aromatic heterocycles. The molecular weight excluding hydrogens is 480 g/mol. The maximum absolute atomic E-state index is 12.8. The number of ketones is 1. The standard InChI is InChI=1S/C26H38N4O3S2/c1-2-3-4-5-6-10-21-35(32,33)30-19-17-29(18-20-30)25-27-24(28-34-25)26(15-13-23(31)14-16-26)22-11-8-7-9-12-22/h7-9,11-12H,2-6,10,13-21H2,1H3. The number of sulfonamides is 1. The molecule has 2 aromatic rings. The lowest BCUT2D eigenvalue weighted by Crippen LogP contribution is -2.49. The molecular formula is C26H38N4O3S2. The van der Waals surface area contributed by atoms with E-state index in [1.165, 1.54) is 36.4 Å². The molecule has 192 valence electrons. The van der Waals surface area contributed by atoms with Gasteiger partial charge in [0.05, 0.1) is 11.2 Å². The molecule has 0 radical (unpaired) electrons. The van der Waals surface area contributed by atoms with Crippen LogP contribution in [0.1, 0.15) is 82.5 Å². The Hall–Kier alpha value is -1.84. The van der Waals surface area contributed by atoms with Gasteiger partial charge in [-0.25, -0.2) is 13.4 Å². The van der Waals surface area contributed by atoms with Crippen LogP contribution in [0, 0.1) is 0 Å². The van der Waals surface area contributed by atoms with Gasteiger partial charge in [0.15, 0.2) is 5.82 Å². The lowest BCUT2D eigenvalue weighted by Gasteiger charge is -2.35. The molecule has 1 aromatic carbocycles. The fourth-order valence-corrected chi connectivity index (χ4v) is 7.60. The van der Waals surface area contributed by atoms with Gasteiger partial charge >= 0.3 is 0 Å². The first-order valence-corrected chi connectivity index (χ1v) is 15.5. The summed E-state index contributed by atoms with van der Waals surface area (Å²) in [5.41, 5.74) is 0.842. The van der Waals surface area contributed by atoms with Gasteiger partial charge in [0, 0.05) is 50.6 Å². The fourth-order valence-electron chi connectivity index (χ4n) is 5.24. The van der Waals surface area contributed by atoms with Crippen molar-refractivity contribution < 1.29 is 13.2 Å². The number of anilines is 1. The second-order valence-electron chi connectivity index (χ2n) is 9.86. The van der Waals surface area contributed by atoms with Crippen molar-refractivity contribution in [1.29, 1.82) is 0 Å². The third kappa shape index (κ3) is 6.30. The number of rotatable bonds is 11.